The van der Waals surface area contributed by atoms with Crippen molar-refractivity contribution in [2.45, 2.75) is 51.1 Å². The van der Waals surface area contributed by atoms with E-state index in [9.17, 15) is 4.79 Å². The second-order valence-corrected chi connectivity index (χ2v) is 3.45. The lowest BCUT2D eigenvalue weighted by Crippen LogP contribution is -2.41. The Morgan fingerprint density at radius 2 is 2.17 bits per heavy atom. The molecule has 1 unspecified atom stereocenters. The maximum absolute atomic E-state index is 10.7. The van der Waals surface area contributed by atoms with E-state index in [-0.39, 0.29) is 6.04 Å². The molecule has 70 valence electrons. The predicted molar refractivity (Wildman–Crippen MR) is 47.1 cm³/mol. The Kier molecular flexibility index (Phi) is 3.53. The van der Waals surface area contributed by atoms with Crippen molar-refractivity contribution in [3.8, 4) is 0 Å². The van der Waals surface area contributed by atoms with Crippen molar-refractivity contribution in [1.82, 2.24) is 5.32 Å². The van der Waals surface area contributed by atoms with Crippen molar-refractivity contribution in [3.63, 3.8) is 0 Å². The van der Waals surface area contributed by atoms with Crippen molar-refractivity contribution in [2.24, 2.45) is 0 Å². The minimum atomic E-state index is -0.699. The second-order valence-electron chi connectivity index (χ2n) is 3.45. The summed E-state index contributed by atoms with van der Waals surface area (Å²) in [5.41, 5.74) is 0. The number of carbonyl (C=O) groups is 1. The lowest BCUT2D eigenvalue weighted by Gasteiger charge is -2.17. The molecule has 0 bridgehead atoms. The minimum absolute atomic E-state index is 0.308. The summed E-state index contributed by atoms with van der Waals surface area (Å²) in [5, 5.41) is 12.0. The Bertz CT molecular complexity index is 159. The summed E-state index contributed by atoms with van der Waals surface area (Å²) in [4.78, 5) is 10.7. The molecule has 0 radical (unpaired) electrons. The Morgan fingerprint density at radius 1 is 1.50 bits per heavy atom. The third kappa shape index (κ3) is 2.48. The molecule has 0 saturated carbocycles. The molecule has 1 rings (SSSR count). The molecule has 12 heavy (non-hydrogen) atoms. The van der Waals surface area contributed by atoms with Crippen LogP contribution in [0.5, 0.6) is 0 Å². The molecule has 3 nitrogen and oxygen atoms in total. The van der Waals surface area contributed by atoms with Gasteiger partial charge in [0.2, 0.25) is 0 Å². The standard InChI is InChI=1S/C9H17NO2/c1-2-7-5-3-4-6-8(10-7)9(11)12/h7-8,10H,2-6H2,1H3,(H,11,12)/t7?,8-/m0/s1. The van der Waals surface area contributed by atoms with E-state index in [4.69, 9.17) is 5.11 Å². The SMILES string of the molecule is CCC1CCCC[C@@H](C(=O)O)N1. The predicted octanol–water partition coefficient (Wildman–Crippen LogP) is 1.38. The van der Waals surface area contributed by atoms with Crippen LogP contribution >= 0.6 is 0 Å². The summed E-state index contributed by atoms with van der Waals surface area (Å²) >= 11 is 0. The van der Waals surface area contributed by atoms with Gasteiger partial charge in [0.25, 0.3) is 0 Å². The van der Waals surface area contributed by atoms with Gasteiger partial charge in [0, 0.05) is 6.04 Å². The maximum atomic E-state index is 10.7. The number of nitrogens with one attached hydrogen (secondary N) is 1. The van der Waals surface area contributed by atoms with Gasteiger partial charge in [-0.15, -0.1) is 0 Å². The van der Waals surface area contributed by atoms with Gasteiger partial charge in [-0.1, -0.05) is 19.8 Å². The van der Waals surface area contributed by atoms with Crippen LogP contribution in [-0.4, -0.2) is 23.2 Å². The first kappa shape index (κ1) is 9.52. The van der Waals surface area contributed by atoms with E-state index in [1.807, 2.05) is 0 Å². The fourth-order valence-electron chi connectivity index (χ4n) is 1.71. The third-order valence-electron chi connectivity index (χ3n) is 2.52. The topological polar surface area (TPSA) is 49.3 Å². The van der Waals surface area contributed by atoms with E-state index in [1.165, 1.54) is 0 Å². The van der Waals surface area contributed by atoms with Crippen molar-refractivity contribution in [3.05, 3.63) is 0 Å². The first-order valence-corrected chi connectivity index (χ1v) is 4.73. The van der Waals surface area contributed by atoms with Gasteiger partial charge in [-0.05, 0) is 19.3 Å². The molecule has 1 aliphatic rings. The molecule has 1 heterocycles. The number of hydrogen-bond acceptors (Lipinski definition) is 2. The normalized spacial score (nSPS) is 31.1. The minimum Gasteiger partial charge on any atom is -0.480 e. The monoisotopic (exact) mass is 171 g/mol. The van der Waals surface area contributed by atoms with Crippen LogP contribution in [0, 0.1) is 0 Å². The summed E-state index contributed by atoms with van der Waals surface area (Å²) in [5.74, 6) is -0.699. The number of rotatable bonds is 2. The van der Waals surface area contributed by atoms with Gasteiger partial charge in [-0.2, -0.15) is 0 Å². The van der Waals surface area contributed by atoms with Gasteiger partial charge in [0.1, 0.15) is 6.04 Å². The summed E-state index contributed by atoms with van der Waals surface area (Å²) in [6.45, 7) is 2.10. The quantitative estimate of drug-likeness (QED) is 0.660. The van der Waals surface area contributed by atoms with Crippen molar-refractivity contribution in [2.75, 3.05) is 0 Å². The summed E-state index contributed by atoms with van der Waals surface area (Å²) < 4.78 is 0. The van der Waals surface area contributed by atoms with E-state index < -0.39 is 5.97 Å². The van der Waals surface area contributed by atoms with Gasteiger partial charge < -0.3 is 10.4 Å². The highest BCUT2D eigenvalue weighted by atomic mass is 16.4. The molecular formula is C9H17NO2. The van der Waals surface area contributed by atoms with Gasteiger partial charge in [-0.25, -0.2) is 0 Å². The Hall–Kier alpha value is -0.570. The van der Waals surface area contributed by atoms with E-state index in [1.54, 1.807) is 0 Å². The highest BCUT2D eigenvalue weighted by molar-refractivity contribution is 5.73. The fraction of sp³-hybridized carbons (Fsp3) is 0.889. The summed E-state index contributed by atoms with van der Waals surface area (Å²) in [6, 6.07) is 0.103. The second kappa shape index (κ2) is 4.45. The highest BCUT2D eigenvalue weighted by Crippen LogP contribution is 2.14. The maximum Gasteiger partial charge on any atom is 0.320 e. The molecule has 0 amide bonds. The summed E-state index contributed by atoms with van der Waals surface area (Å²) in [7, 11) is 0. The smallest absolute Gasteiger partial charge is 0.320 e. The molecule has 0 aromatic heterocycles. The van der Waals surface area contributed by atoms with Crippen molar-refractivity contribution < 1.29 is 9.90 Å². The molecule has 0 aliphatic carbocycles. The molecule has 0 spiro atoms. The molecule has 2 N–H and O–H groups in total. The molecule has 0 aromatic rings. The zero-order valence-corrected chi connectivity index (χ0v) is 7.55. The molecule has 3 heteroatoms. The molecule has 1 fully saturated rings. The fourth-order valence-corrected chi connectivity index (χ4v) is 1.71. The Labute approximate surface area is 73.2 Å². The largest absolute Gasteiger partial charge is 0.480 e. The van der Waals surface area contributed by atoms with Crippen LogP contribution in [0.1, 0.15) is 39.0 Å². The van der Waals surface area contributed by atoms with Gasteiger partial charge in [0.15, 0.2) is 0 Å². The van der Waals surface area contributed by atoms with Crippen molar-refractivity contribution in [1.29, 1.82) is 0 Å². The third-order valence-corrected chi connectivity index (χ3v) is 2.52. The Balaban J connectivity index is 2.47. The van der Waals surface area contributed by atoms with Crippen LogP contribution < -0.4 is 5.32 Å². The average Bonchev–Trinajstić information content (AvgIpc) is 2.28. The van der Waals surface area contributed by atoms with E-state index in [0.717, 1.165) is 32.1 Å². The van der Waals surface area contributed by atoms with Gasteiger partial charge in [0.05, 0.1) is 0 Å². The first-order valence-electron chi connectivity index (χ1n) is 4.73. The number of aliphatic carboxylic acids is 1. The Morgan fingerprint density at radius 3 is 2.75 bits per heavy atom. The zero-order valence-electron chi connectivity index (χ0n) is 7.55. The summed E-state index contributed by atoms with van der Waals surface area (Å²) in [6.07, 6.45) is 5.14. The van der Waals surface area contributed by atoms with E-state index >= 15 is 0 Å². The number of carboxylic acids is 1. The highest BCUT2D eigenvalue weighted by Gasteiger charge is 2.22. The lowest BCUT2D eigenvalue weighted by atomic mass is 10.1. The van der Waals surface area contributed by atoms with Gasteiger partial charge >= 0.3 is 5.97 Å². The van der Waals surface area contributed by atoms with E-state index in [2.05, 4.69) is 12.2 Å². The van der Waals surface area contributed by atoms with Crippen LogP contribution in [0.4, 0.5) is 0 Å². The first-order chi connectivity index (χ1) is 5.74. The van der Waals surface area contributed by atoms with E-state index in [0.29, 0.717) is 6.04 Å². The van der Waals surface area contributed by atoms with Crippen molar-refractivity contribution >= 4 is 5.97 Å². The average molecular weight is 171 g/mol. The molecule has 1 saturated heterocycles. The number of hydrogen-bond donors (Lipinski definition) is 2. The van der Waals surface area contributed by atoms with Crippen LogP contribution in [0.25, 0.3) is 0 Å². The molecule has 0 aromatic carbocycles. The zero-order chi connectivity index (χ0) is 8.97. The molecule has 2 atom stereocenters. The molecular weight excluding hydrogens is 154 g/mol. The van der Waals surface area contributed by atoms with Crippen LogP contribution in [-0.2, 0) is 4.79 Å². The van der Waals surface area contributed by atoms with Crippen LogP contribution in [0.2, 0.25) is 0 Å². The van der Waals surface area contributed by atoms with Gasteiger partial charge in [-0.3, -0.25) is 4.79 Å². The lowest BCUT2D eigenvalue weighted by molar-refractivity contribution is -0.139. The van der Waals surface area contributed by atoms with Crippen LogP contribution in [0.15, 0.2) is 0 Å². The number of carboxylic acid groups (broad SMARTS) is 1. The van der Waals surface area contributed by atoms with Crippen LogP contribution in [0.3, 0.4) is 0 Å². The molecule has 1 aliphatic heterocycles.